The minimum atomic E-state index is 0.198. The van der Waals surface area contributed by atoms with Crippen LogP contribution >= 0.6 is 0 Å². The molecular weight excluding hydrogens is 210 g/mol. The summed E-state index contributed by atoms with van der Waals surface area (Å²) in [6.45, 7) is 12.8. The Morgan fingerprint density at radius 3 is 2.76 bits per heavy atom. The van der Waals surface area contributed by atoms with E-state index in [4.69, 9.17) is 0 Å². The fraction of sp³-hybridized carbons (Fsp3) is 0.643. The van der Waals surface area contributed by atoms with Crippen LogP contribution in [0.25, 0.3) is 5.57 Å². The van der Waals surface area contributed by atoms with Crippen molar-refractivity contribution in [1.82, 2.24) is 14.9 Å². The van der Waals surface area contributed by atoms with Crippen molar-refractivity contribution in [2.45, 2.75) is 53.1 Å². The number of hydrogen-bond donors (Lipinski definition) is 1. The molecule has 0 amide bonds. The summed E-state index contributed by atoms with van der Waals surface area (Å²) in [5.41, 5.74) is 1.46. The first kappa shape index (κ1) is 14.0. The number of imidazole rings is 1. The van der Waals surface area contributed by atoms with Gasteiger partial charge in [-0.15, -0.1) is 0 Å². The van der Waals surface area contributed by atoms with Crippen LogP contribution in [-0.4, -0.2) is 21.6 Å². The first-order chi connectivity index (χ1) is 7.94. The van der Waals surface area contributed by atoms with Crippen LogP contribution in [0.5, 0.6) is 0 Å². The third kappa shape index (κ3) is 4.73. The van der Waals surface area contributed by atoms with Crippen molar-refractivity contribution in [3.8, 4) is 0 Å². The molecule has 1 aromatic rings. The molecule has 3 nitrogen and oxygen atoms in total. The summed E-state index contributed by atoms with van der Waals surface area (Å²) in [5.74, 6) is 1.09. The number of aromatic nitrogens is 2. The fourth-order valence-electron chi connectivity index (χ4n) is 1.74. The normalized spacial score (nSPS) is 13.1. The van der Waals surface area contributed by atoms with Gasteiger partial charge in [-0.3, -0.25) is 0 Å². The highest BCUT2D eigenvalue weighted by Gasteiger charge is 2.07. The highest BCUT2D eigenvalue weighted by molar-refractivity contribution is 5.57. The van der Waals surface area contributed by atoms with Crippen LogP contribution in [-0.2, 0) is 6.54 Å². The van der Waals surface area contributed by atoms with Crippen molar-refractivity contribution >= 4 is 5.57 Å². The Morgan fingerprint density at radius 1 is 1.47 bits per heavy atom. The van der Waals surface area contributed by atoms with Crippen LogP contribution < -0.4 is 5.32 Å². The molecule has 0 saturated carbocycles. The van der Waals surface area contributed by atoms with E-state index in [0.717, 1.165) is 25.3 Å². The van der Waals surface area contributed by atoms with Gasteiger partial charge in [0.1, 0.15) is 5.82 Å². The summed E-state index contributed by atoms with van der Waals surface area (Å²) < 4.78 is 2.17. The minimum absolute atomic E-state index is 0.198. The van der Waals surface area contributed by atoms with Crippen molar-refractivity contribution in [3.05, 3.63) is 24.3 Å². The second kappa shape index (κ2) is 6.01. The Kier molecular flexibility index (Phi) is 4.94. The van der Waals surface area contributed by atoms with Gasteiger partial charge in [0, 0.05) is 24.5 Å². The van der Waals surface area contributed by atoms with Crippen LogP contribution in [0.2, 0.25) is 0 Å². The van der Waals surface area contributed by atoms with Gasteiger partial charge in [-0.05, 0) is 53.2 Å². The number of nitrogens with one attached hydrogen (secondary N) is 1. The first-order valence-corrected chi connectivity index (χ1v) is 6.37. The molecule has 0 saturated heterocycles. The maximum Gasteiger partial charge on any atom is 0.135 e. The molecule has 0 radical (unpaired) electrons. The van der Waals surface area contributed by atoms with Crippen LogP contribution in [0.4, 0.5) is 0 Å². The second-order valence-electron chi connectivity index (χ2n) is 5.39. The molecule has 0 aliphatic rings. The zero-order valence-electron chi connectivity index (χ0n) is 11.7. The Labute approximate surface area is 105 Å². The maximum absolute atomic E-state index is 4.39. The Balaban J connectivity index is 2.50. The molecule has 1 heterocycles. The topological polar surface area (TPSA) is 29.9 Å². The molecule has 1 rings (SSSR count). The lowest BCUT2D eigenvalue weighted by Gasteiger charge is -2.19. The van der Waals surface area contributed by atoms with E-state index in [1.165, 1.54) is 5.57 Å². The van der Waals surface area contributed by atoms with Crippen LogP contribution in [0.15, 0.2) is 18.5 Å². The summed E-state index contributed by atoms with van der Waals surface area (Å²) in [7, 11) is 0. The standard InChI is InChI=1S/C14H25N3/c1-6-17-11-10-15-13(17)12(2)8-7-9-16-14(3,4)5/h8,10-11,16H,6-7,9H2,1-5H3. The third-order valence-corrected chi connectivity index (χ3v) is 2.66. The first-order valence-electron chi connectivity index (χ1n) is 6.37. The number of allylic oxidation sites excluding steroid dienone is 1. The van der Waals surface area contributed by atoms with Gasteiger partial charge in [-0.25, -0.2) is 4.98 Å². The second-order valence-corrected chi connectivity index (χ2v) is 5.39. The molecule has 0 unspecified atom stereocenters. The molecule has 3 heteroatoms. The lowest BCUT2D eigenvalue weighted by Crippen LogP contribution is -2.36. The van der Waals surface area contributed by atoms with Gasteiger partial charge < -0.3 is 9.88 Å². The maximum atomic E-state index is 4.39. The molecule has 1 N–H and O–H groups in total. The van der Waals surface area contributed by atoms with Crippen molar-refractivity contribution in [2.75, 3.05) is 6.54 Å². The van der Waals surface area contributed by atoms with E-state index in [1.807, 2.05) is 12.4 Å². The highest BCUT2D eigenvalue weighted by Crippen LogP contribution is 2.12. The van der Waals surface area contributed by atoms with Gasteiger partial charge in [0.15, 0.2) is 0 Å². The molecule has 96 valence electrons. The summed E-state index contributed by atoms with van der Waals surface area (Å²) >= 11 is 0. The minimum Gasteiger partial charge on any atom is -0.332 e. The van der Waals surface area contributed by atoms with Gasteiger partial charge >= 0.3 is 0 Å². The van der Waals surface area contributed by atoms with Gasteiger partial charge in [0.2, 0.25) is 0 Å². The van der Waals surface area contributed by atoms with E-state index in [9.17, 15) is 0 Å². The number of aryl methyl sites for hydroxylation is 1. The smallest absolute Gasteiger partial charge is 0.135 e. The summed E-state index contributed by atoms with van der Waals surface area (Å²) in [6.07, 6.45) is 7.19. The molecule has 0 aliphatic heterocycles. The SMILES string of the molecule is CCn1ccnc1C(C)=CCCNC(C)(C)C. The van der Waals surface area contributed by atoms with Crippen LogP contribution in [0.1, 0.15) is 46.9 Å². The van der Waals surface area contributed by atoms with Crippen LogP contribution in [0.3, 0.4) is 0 Å². The van der Waals surface area contributed by atoms with E-state index in [1.54, 1.807) is 0 Å². The van der Waals surface area contributed by atoms with Crippen molar-refractivity contribution in [2.24, 2.45) is 0 Å². The molecule has 0 bridgehead atoms. The van der Waals surface area contributed by atoms with Crippen molar-refractivity contribution < 1.29 is 0 Å². The van der Waals surface area contributed by atoms with Crippen molar-refractivity contribution in [1.29, 1.82) is 0 Å². The van der Waals surface area contributed by atoms with E-state index in [2.05, 4.69) is 55.6 Å². The highest BCUT2D eigenvalue weighted by atomic mass is 15.1. The van der Waals surface area contributed by atoms with E-state index in [-0.39, 0.29) is 5.54 Å². The quantitative estimate of drug-likeness (QED) is 0.795. The molecule has 0 aromatic carbocycles. The molecule has 0 fully saturated rings. The molecule has 1 aromatic heterocycles. The van der Waals surface area contributed by atoms with E-state index < -0.39 is 0 Å². The lowest BCUT2D eigenvalue weighted by molar-refractivity contribution is 0.431. The molecule has 0 aliphatic carbocycles. The van der Waals surface area contributed by atoms with Gasteiger partial charge in [-0.1, -0.05) is 6.08 Å². The van der Waals surface area contributed by atoms with E-state index >= 15 is 0 Å². The van der Waals surface area contributed by atoms with Gasteiger partial charge in [0.25, 0.3) is 0 Å². The Hall–Kier alpha value is -1.09. The molecule has 0 atom stereocenters. The predicted molar refractivity (Wildman–Crippen MR) is 73.9 cm³/mol. The van der Waals surface area contributed by atoms with Gasteiger partial charge in [0.05, 0.1) is 0 Å². The third-order valence-electron chi connectivity index (χ3n) is 2.66. The predicted octanol–water partition coefficient (Wildman–Crippen LogP) is 3.08. The average molecular weight is 235 g/mol. The van der Waals surface area contributed by atoms with E-state index in [0.29, 0.717) is 0 Å². The number of nitrogens with zero attached hydrogens (tertiary/aromatic N) is 2. The molecular formula is C14H25N3. The molecule has 17 heavy (non-hydrogen) atoms. The molecule has 0 spiro atoms. The summed E-state index contributed by atoms with van der Waals surface area (Å²) in [6, 6.07) is 0. The zero-order chi connectivity index (χ0) is 12.9. The Bertz CT molecular complexity index is 369. The largest absolute Gasteiger partial charge is 0.332 e. The zero-order valence-corrected chi connectivity index (χ0v) is 11.7. The van der Waals surface area contributed by atoms with Gasteiger partial charge in [-0.2, -0.15) is 0 Å². The van der Waals surface area contributed by atoms with Crippen molar-refractivity contribution in [3.63, 3.8) is 0 Å². The lowest BCUT2D eigenvalue weighted by atomic mass is 10.1. The summed E-state index contributed by atoms with van der Waals surface area (Å²) in [5, 5.41) is 3.48. The summed E-state index contributed by atoms with van der Waals surface area (Å²) in [4.78, 5) is 4.39. The number of hydrogen-bond acceptors (Lipinski definition) is 2. The monoisotopic (exact) mass is 235 g/mol. The Morgan fingerprint density at radius 2 is 2.18 bits per heavy atom. The average Bonchev–Trinajstić information content (AvgIpc) is 2.70. The van der Waals surface area contributed by atoms with Crippen LogP contribution in [0, 0.1) is 0 Å². The fourth-order valence-corrected chi connectivity index (χ4v) is 1.74. The number of rotatable bonds is 5.